The van der Waals surface area contributed by atoms with Crippen LogP contribution in [0, 0.1) is 0 Å². The van der Waals surface area contributed by atoms with Gasteiger partial charge in [0.1, 0.15) is 0 Å². The monoisotopic (exact) mass is 404 g/mol. The number of halogens is 2. The molecule has 0 bridgehead atoms. The van der Waals surface area contributed by atoms with Crippen LogP contribution in [-0.2, 0) is 19.3 Å². The zero-order valence-electron chi connectivity index (χ0n) is 14.0. The van der Waals surface area contributed by atoms with Crippen LogP contribution in [0.25, 0.3) is 0 Å². The van der Waals surface area contributed by atoms with Crippen molar-refractivity contribution in [1.82, 2.24) is 0 Å². The van der Waals surface area contributed by atoms with Gasteiger partial charge >= 0.3 is 122 Å². The largest absolute Gasteiger partial charge is 0.147 e. The first-order valence-electron chi connectivity index (χ1n) is 7.24. The molecule has 0 aromatic heterocycles. The first-order valence-corrected chi connectivity index (χ1v) is 12.2. The molecule has 0 unspecified atom stereocenters. The average Bonchev–Trinajstić information content (AvgIpc) is 2.89. The van der Waals surface area contributed by atoms with E-state index in [4.69, 9.17) is 0 Å². The molecule has 118 valence electrons. The number of hydrogen-bond acceptors (Lipinski definition) is 0. The van der Waals surface area contributed by atoms with E-state index in [0.29, 0.717) is 0 Å². The van der Waals surface area contributed by atoms with Crippen LogP contribution < -0.4 is 0 Å². The molecule has 0 aromatic rings. The third-order valence-electron chi connectivity index (χ3n) is 4.54. The van der Waals surface area contributed by atoms with Crippen molar-refractivity contribution in [2.45, 2.75) is 54.4 Å². The van der Waals surface area contributed by atoms with Gasteiger partial charge in [0.15, 0.2) is 0 Å². The second-order valence-electron chi connectivity index (χ2n) is 6.51. The maximum atomic E-state index is 2.44. The molecule has 0 heterocycles. The van der Waals surface area contributed by atoms with E-state index in [2.05, 4.69) is 65.8 Å². The smallest absolute Gasteiger partial charge is 0.147 e. The van der Waals surface area contributed by atoms with E-state index in [0.717, 1.165) is 0 Å². The molecule has 21 heavy (non-hydrogen) atoms. The molecule has 0 radical (unpaired) electrons. The summed E-state index contributed by atoms with van der Waals surface area (Å²) in [7, 11) is 0. The standard InChI is InChI=1S/2C6H7.2C3H6.2ClH.Zr/c2*1-6-4-2-3-5-6;2*1-3-2;;;/h2*2,4H,5H2,1H3;2*1-2H3;2*1H;. The molecule has 0 spiro atoms. The van der Waals surface area contributed by atoms with Gasteiger partial charge in [-0.1, -0.05) is 0 Å². The van der Waals surface area contributed by atoms with E-state index in [1.807, 2.05) is 0 Å². The number of rotatable bonds is 2. The first-order chi connectivity index (χ1) is 8.88. The summed E-state index contributed by atoms with van der Waals surface area (Å²) in [6, 6.07) is 0. The molecule has 0 fully saturated rings. The number of allylic oxidation sites excluding steroid dienone is 8. The van der Waals surface area contributed by atoms with Gasteiger partial charge in [-0.3, -0.25) is 0 Å². The summed E-state index contributed by atoms with van der Waals surface area (Å²) in [5.74, 6) is 0. The third-order valence-corrected chi connectivity index (χ3v) is 18.3. The summed E-state index contributed by atoms with van der Waals surface area (Å²) in [4.78, 5) is 0. The van der Waals surface area contributed by atoms with Crippen LogP contribution in [-0.4, -0.2) is 6.41 Å². The molecule has 2 rings (SSSR count). The molecule has 0 saturated carbocycles. The molecule has 0 aliphatic heterocycles. The zero-order chi connectivity index (χ0) is 14.2. The fourth-order valence-electron chi connectivity index (χ4n) is 3.83. The van der Waals surface area contributed by atoms with E-state index >= 15 is 0 Å². The summed E-state index contributed by atoms with van der Waals surface area (Å²) in [5.41, 5.74) is 3.06. The topological polar surface area (TPSA) is 0 Å². The Kier molecular flexibility index (Phi) is 8.20. The minimum absolute atomic E-state index is 0. The van der Waals surface area contributed by atoms with Crippen LogP contribution in [0.15, 0.2) is 42.0 Å². The predicted octanol–water partition coefficient (Wildman–Crippen LogP) is 5.88. The van der Waals surface area contributed by atoms with Gasteiger partial charge in [-0.25, -0.2) is 0 Å². The van der Waals surface area contributed by atoms with Crippen molar-refractivity contribution in [1.29, 1.82) is 0 Å². The van der Waals surface area contributed by atoms with Crippen LogP contribution in [0.4, 0.5) is 0 Å². The van der Waals surface area contributed by atoms with Crippen molar-refractivity contribution < 1.29 is 19.3 Å². The molecule has 0 saturated heterocycles. The van der Waals surface area contributed by atoms with Crippen LogP contribution >= 0.6 is 24.8 Å². The minimum atomic E-state index is -2.63. The van der Waals surface area contributed by atoms with Gasteiger partial charge in [-0.05, 0) is 0 Å². The molecule has 0 nitrogen and oxygen atoms in total. The van der Waals surface area contributed by atoms with E-state index in [1.54, 1.807) is 13.0 Å². The fraction of sp³-hybridized carbons (Fsp3) is 0.444. The quantitative estimate of drug-likeness (QED) is 0.537. The Balaban J connectivity index is 0.00000200. The van der Waals surface area contributed by atoms with Gasteiger partial charge in [0, 0.05) is 0 Å². The summed E-state index contributed by atoms with van der Waals surface area (Å²) >= 11 is -2.63. The van der Waals surface area contributed by atoms with Gasteiger partial charge in [0.25, 0.3) is 0 Å². The van der Waals surface area contributed by atoms with Crippen molar-refractivity contribution in [2.75, 3.05) is 0 Å². The van der Waals surface area contributed by atoms with Crippen molar-refractivity contribution >= 4 is 31.2 Å². The fourth-order valence-corrected chi connectivity index (χ4v) is 17.9. The van der Waals surface area contributed by atoms with Crippen molar-refractivity contribution in [3.05, 3.63) is 42.0 Å². The maximum Gasteiger partial charge on any atom is -0.147 e. The second-order valence-corrected chi connectivity index (χ2v) is 18.3. The predicted molar refractivity (Wildman–Crippen MR) is 100 cm³/mol. The van der Waals surface area contributed by atoms with Crippen LogP contribution in [0.3, 0.4) is 0 Å². The molecule has 3 heteroatoms. The Morgan fingerprint density at radius 2 is 1.05 bits per heavy atom. The van der Waals surface area contributed by atoms with Gasteiger partial charge in [0.2, 0.25) is 0 Å². The Labute approximate surface area is 146 Å². The van der Waals surface area contributed by atoms with E-state index in [-0.39, 0.29) is 24.8 Å². The van der Waals surface area contributed by atoms with Gasteiger partial charge in [0.05, 0.1) is 0 Å². The SMILES string of the molecule is CC1=CC=[C]([Zr]([C]2=CC=C(C)C2)(=[C](C)C)=[C](C)C)C1.Cl.Cl. The molecule has 0 amide bonds. The molecule has 0 N–H and O–H groups in total. The molecule has 0 aromatic carbocycles. The third kappa shape index (κ3) is 3.74. The summed E-state index contributed by atoms with van der Waals surface area (Å²) in [6.07, 6.45) is 12.0. The Morgan fingerprint density at radius 1 is 0.714 bits per heavy atom. The first kappa shape index (κ1) is 21.2. The van der Waals surface area contributed by atoms with Crippen LogP contribution in [0.2, 0.25) is 0 Å². The number of hydrogen-bond donors (Lipinski definition) is 0. The van der Waals surface area contributed by atoms with Gasteiger partial charge in [-0.2, -0.15) is 0 Å². The minimum Gasteiger partial charge on any atom is -0.147 e. The van der Waals surface area contributed by atoms with Crippen LogP contribution in [0.1, 0.15) is 54.4 Å². The molecule has 2 aliphatic rings. The van der Waals surface area contributed by atoms with Crippen molar-refractivity contribution in [3.8, 4) is 0 Å². The van der Waals surface area contributed by atoms with E-state index in [9.17, 15) is 0 Å². The van der Waals surface area contributed by atoms with Crippen molar-refractivity contribution in [3.63, 3.8) is 0 Å². The summed E-state index contributed by atoms with van der Waals surface area (Å²) in [6.45, 7) is 14.1. The molecule has 0 atom stereocenters. The molecular weight excluding hydrogens is 378 g/mol. The Morgan fingerprint density at radius 3 is 1.24 bits per heavy atom. The summed E-state index contributed by atoms with van der Waals surface area (Å²) < 4.78 is 6.94. The van der Waals surface area contributed by atoms with Gasteiger partial charge < -0.3 is 0 Å². The average molecular weight is 407 g/mol. The van der Waals surface area contributed by atoms with Crippen LogP contribution in [0.5, 0.6) is 0 Å². The Hall–Kier alpha value is 0.163. The maximum absolute atomic E-state index is 2.63. The van der Waals surface area contributed by atoms with E-state index in [1.165, 1.54) is 24.0 Å². The molecular formula is C18H28Cl2Zr. The molecule has 2 aliphatic carbocycles. The normalized spacial score (nSPS) is 16.3. The van der Waals surface area contributed by atoms with E-state index < -0.39 is 19.3 Å². The summed E-state index contributed by atoms with van der Waals surface area (Å²) in [5, 5.41) is 0. The zero-order valence-corrected chi connectivity index (χ0v) is 18.1. The van der Waals surface area contributed by atoms with Gasteiger partial charge in [-0.15, -0.1) is 24.8 Å². The second kappa shape index (κ2) is 8.14. The van der Waals surface area contributed by atoms with Crippen molar-refractivity contribution in [2.24, 2.45) is 0 Å². The Bertz CT molecular complexity index is 591.